The third-order valence-corrected chi connectivity index (χ3v) is 6.59. The lowest BCUT2D eigenvalue weighted by atomic mass is 10.0. The molecule has 4 heterocycles. The fourth-order valence-electron chi connectivity index (χ4n) is 4.67. The van der Waals surface area contributed by atoms with E-state index in [9.17, 15) is 4.79 Å². The third kappa shape index (κ3) is 6.59. The number of nitrogens with zero attached hydrogens (tertiary/aromatic N) is 5. The minimum atomic E-state index is -0.589. The van der Waals surface area contributed by atoms with E-state index in [0.29, 0.717) is 37.2 Å². The minimum absolute atomic E-state index is 0.250. The number of anilines is 4. The molecule has 0 atom stereocenters. The summed E-state index contributed by atoms with van der Waals surface area (Å²) < 4.78 is 11.5. The Morgan fingerprint density at radius 2 is 1.90 bits per heavy atom. The SMILES string of the molecule is CCc1ccc(Nc2ncc3c(n2)CN(c2cnc4c(c2C)N(C(=O)OC(C)(C)C)CCO4)CC3)cc1.O=CO. The van der Waals surface area contributed by atoms with Crippen LogP contribution >= 0.6 is 0 Å². The highest BCUT2D eigenvalue weighted by atomic mass is 16.6. The summed E-state index contributed by atoms with van der Waals surface area (Å²) in [6.07, 6.45) is 5.18. The van der Waals surface area contributed by atoms with Crippen molar-refractivity contribution < 1.29 is 24.2 Å². The van der Waals surface area contributed by atoms with Gasteiger partial charge in [-0.2, -0.15) is 0 Å². The lowest BCUT2D eigenvalue weighted by Crippen LogP contribution is -2.42. The molecule has 0 saturated carbocycles. The van der Waals surface area contributed by atoms with Crippen molar-refractivity contribution in [2.45, 2.75) is 59.6 Å². The van der Waals surface area contributed by atoms with E-state index < -0.39 is 11.7 Å². The third-order valence-electron chi connectivity index (χ3n) is 6.59. The first-order valence-electron chi connectivity index (χ1n) is 13.3. The van der Waals surface area contributed by atoms with Gasteiger partial charge >= 0.3 is 6.09 Å². The summed E-state index contributed by atoms with van der Waals surface area (Å²) in [5.41, 5.74) is 6.34. The van der Waals surface area contributed by atoms with Crippen LogP contribution in [0, 0.1) is 6.92 Å². The molecule has 0 saturated heterocycles. The van der Waals surface area contributed by atoms with Crippen LogP contribution in [-0.2, 0) is 28.9 Å². The molecule has 0 unspecified atom stereocenters. The summed E-state index contributed by atoms with van der Waals surface area (Å²) in [4.78, 5) is 39.2. The number of pyridine rings is 1. The molecule has 2 N–H and O–H groups in total. The summed E-state index contributed by atoms with van der Waals surface area (Å²) in [6.45, 7) is 11.7. The maximum Gasteiger partial charge on any atom is 0.415 e. The Balaban J connectivity index is 0.00000118. The van der Waals surface area contributed by atoms with Crippen molar-refractivity contribution >= 4 is 35.6 Å². The lowest BCUT2D eigenvalue weighted by molar-refractivity contribution is -0.122. The topological polar surface area (TPSA) is 130 Å². The first-order valence-corrected chi connectivity index (χ1v) is 13.3. The highest BCUT2D eigenvalue weighted by Gasteiger charge is 2.32. The molecule has 1 aromatic carbocycles. The van der Waals surface area contributed by atoms with Crippen molar-refractivity contribution in [1.82, 2.24) is 15.0 Å². The fourth-order valence-corrected chi connectivity index (χ4v) is 4.67. The Morgan fingerprint density at radius 1 is 1.18 bits per heavy atom. The summed E-state index contributed by atoms with van der Waals surface area (Å²) >= 11 is 0. The zero-order valence-electron chi connectivity index (χ0n) is 23.6. The van der Waals surface area contributed by atoms with E-state index in [-0.39, 0.29) is 6.47 Å². The van der Waals surface area contributed by atoms with Crippen LogP contribution in [0.4, 0.5) is 27.8 Å². The van der Waals surface area contributed by atoms with E-state index >= 15 is 0 Å². The van der Waals surface area contributed by atoms with Crippen LogP contribution in [0.2, 0.25) is 0 Å². The number of carboxylic acid groups (broad SMARTS) is 1. The van der Waals surface area contributed by atoms with Crippen LogP contribution < -0.4 is 19.9 Å². The number of hydrogen-bond acceptors (Lipinski definition) is 9. The summed E-state index contributed by atoms with van der Waals surface area (Å²) in [5.74, 6) is 1.04. The average Bonchev–Trinajstić information content (AvgIpc) is 2.92. The van der Waals surface area contributed by atoms with Gasteiger partial charge in [-0.25, -0.2) is 19.7 Å². The van der Waals surface area contributed by atoms with Crippen molar-refractivity contribution in [3.8, 4) is 5.88 Å². The van der Waals surface area contributed by atoms with Crippen LogP contribution in [-0.4, -0.2) is 57.9 Å². The molecule has 11 nitrogen and oxygen atoms in total. The van der Waals surface area contributed by atoms with Crippen LogP contribution in [0.15, 0.2) is 36.7 Å². The van der Waals surface area contributed by atoms with Gasteiger partial charge < -0.3 is 24.8 Å². The number of carbonyl (C=O) groups is 2. The molecule has 40 heavy (non-hydrogen) atoms. The summed E-state index contributed by atoms with van der Waals surface area (Å²) in [5, 5.41) is 10.2. The zero-order chi connectivity index (χ0) is 28.9. The number of fused-ring (bicyclic) bond motifs is 2. The molecule has 0 aliphatic carbocycles. The van der Waals surface area contributed by atoms with Gasteiger partial charge in [-0.05, 0) is 63.8 Å². The number of rotatable bonds is 4. The molecule has 2 aliphatic rings. The van der Waals surface area contributed by atoms with Crippen LogP contribution in [0.25, 0.3) is 0 Å². The second kappa shape index (κ2) is 12.2. The van der Waals surface area contributed by atoms with Crippen LogP contribution in [0.1, 0.15) is 50.1 Å². The quantitative estimate of drug-likeness (QED) is 0.435. The number of amides is 1. The van der Waals surface area contributed by atoms with Gasteiger partial charge in [0.25, 0.3) is 6.47 Å². The van der Waals surface area contributed by atoms with Gasteiger partial charge in [-0.15, -0.1) is 0 Å². The lowest BCUT2D eigenvalue weighted by Gasteiger charge is -2.35. The standard InChI is InChI=1S/C28H34N6O3.CH2O2/c1-6-19-7-9-21(10-8-19)31-26-30-15-20-11-12-33(17-22(20)32-26)23-16-29-25-24(18(23)2)34(13-14-36-25)27(35)37-28(3,4)5;2-1-3/h7-10,15-16H,6,11-14,17H2,1-5H3,(H,30,31,32);1H,(H,2,3). The van der Waals surface area contributed by atoms with E-state index in [1.807, 2.05) is 40.1 Å². The molecule has 0 radical (unpaired) electrons. The normalized spacial score (nSPS) is 14.1. The number of hydrogen-bond donors (Lipinski definition) is 2. The minimum Gasteiger partial charge on any atom is -0.483 e. The Morgan fingerprint density at radius 3 is 2.58 bits per heavy atom. The van der Waals surface area contributed by atoms with E-state index in [1.165, 1.54) is 5.56 Å². The first-order chi connectivity index (χ1) is 19.1. The molecule has 5 rings (SSSR count). The summed E-state index contributed by atoms with van der Waals surface area (Å²) in [7, 11) is 0. The van der Waals surface area contributed by atoms with Gasteiger partial charge in [0, 0.05) is 24.0 Å². The van der Waals surface area contributed by atoms with Crippen molar-refractivity contribution in [2.75, 3.05) is 34.8 Å². The largest absolute Gasteiger partial charge is 0.483 e. The van der Waals surface area contributed by atoms with Crippen molar-refractivity contribution in [2.24, 2.45) is 0 Å². The van der Waals surface area contributed by atoms with E-state index in [4.69, 9.17) is 24.4 Å². The Hall–Kier alpha value is -4.41. The average molecular weight is 549 g/mol. The van der Waals surface area contributed by atoms with E-state index in [2.05, 4.69) is 51.4 Å². The molecule has 212 valence electrons. The van der Waals surface area contributed by atoms with Gasteiger partial charge in [-0.3, -0.25) is 9.69 Å². The van der Waals surface area contributed by atoms with Crippen LogP contribution in [0.5, 0.6) is 5.88 Å². The summed E-state index contributed by atoms with van der Waals surface area (Å²) in [6, 6.07) is 8.32. The highest BCUT2D eigenvalue weighted by molar-refractivity contribution is 5.92. The molecule has 0 bridgehead atoms. The van der Waals surface area contributed by atoms with Crippen molar-refractivity contribution in [1.29, 1.82) is 0 Å². The number of nitrogens with one attached hydrogen (secondary N) is 1. The number of benzene rings is 1. The molecule has 1 amide bonds. The molecular weight excluding hydrogens is 512 g/mol. The highest BCUT2D eigenvalue weighted by Crippen LogP contribution is 2.39. The van der Waals surface area contributed by atoms with E-state index in [1.54, 1.807) is 4.90 Å². The second-order valence-electron chi connectivity index (χ2n) is 10.5. The maximum atomic E-state index is 13.0. The molecular formula is C29H36N6O5. The predicted molar refractivity (Wildman–Crippen MR) is 153 cm³/mol. The van der Waals surface area contributed by atoms with Crippen molar-refractivity contribution in [3.63, 3.8) is 0 Å². The number of carbonyl (C=O) groups excluding carboxylic acids is 1. The number of aromatic nitrogens is 3. The Kier molecular flexibility index (Phi) is 8.71. The second-order valence-corrected chi connectivity index (χ2v) is 10.5. The predicted octanol–water partition coefficient (Wildman–Crippen LogP) is 4.88. The van der Waals surface area contributed by atoms with Gasteiger partial charge in [0.1, 0.15) is 17.9 Å². The maximum absolute atomic E-state index is 13.0. The Bertz CT molecular complexity index is 1360. The van der Waals surface area contributed by atoms with Gasteiger partial charge in [-0.1, -0.05) is 19.1 Å². The number of aryl methyl sites for hydroxylation is 1. The van der Waals surface area contributed by atoms with Gasteiger partial charge in [0.2, 0.25) is 11.8 Å². The van der Waals surface area contributed by atoms with Gasteiger partial charge in [0.05, 0.1) is 30.7 Å². The first kappa shape index (κ1) is 28.6. The fraction of sp³-hybridized carbons (Fsp3) is 0.414. The molecule has 2 aromatic heterocycles. The van der Waals surface area contributed by atoms with Gasteiger partial charge in [0.15, 0.2) is 0 Å². The monoisotopic (exact) mass is 548 g/mol. The smallest absolute Gasteiger partial charge is 0.415 e. The van der Waals surface area contributed by atoms with Crippen molar-refractivity contribution in [3.05, 3.63) is 59.0 Å². The molecule has 11 heteroatoms. The molecule has 0 spiro atoms. The molecule has 2 aliphatic heterocycles. The zero-order valence-corrected chi connectivity index (χ0v) is 23.6. The van der Waals surface area contributed by atoms with Crippen LogP contribution in [0.3, 0.4) is 0 Å². The molecule has 0 fully saturated rings. The Labute approximate surface area is 234 Å². The molecule has 3 aromatic rings. The number of ether oxygens (including phenoxy) is 2. The van der Waals surface area contributed by atoms with E-state index in [0.717, 1.165) is 47.6 Å².